The number of amides is 1. The summed E-state index contributed by atoms with van der Waals surface area (Å²) in [6.07, 6.45) is 0. The third kappa shape index (κ3) is 4.28. The third-order valence-corrected chi connectivity index (χ3v) is 4.64. The van der Waals surface area contributed by atoms with E-state index in [1.807, 2.05) is 57.2 Å². The lowest BCUT2D eigenvalue weighted by atomic mass is 9.94. The van der Waals surface area contributed by atoms with Crippen LogP contribution in [0.15, 0.2) is 53.7 Å². The maximum absolute atomic E-state index is 13.1. The van der Waals surface area contributed by atoms with Gasteiger partial charge in [0.1, 0.15) is 5.75 Å². The van der Waals surface area contributed by atoms with Crippen molar-refractivity contribution in [2.24, 2.45) is 0 Å². The molecule has 2 aromatic rings. The first-order valence-corrected chi connectivity index (χ1v) is 9.10. The number of rotatable bonds is 4. The zero-order valence-electron chi connectivity index (χ0n) is 15.8. The van der Waals surface area contributed by atoms with E-state index in [0.717, 1.165) is 33.8 Å². The summed E-state index contributed by atoms with van der Waals surface area (Å²) in [6, 6.07) is 13.2. The van der Waals surface area contributed by atoms with E-state index in [4.69, 9.17) is 17.0 Å². The molecule has 5 nitrogen and oxygen atoms in total. The Kier molecular flexibility index (Phi) is 5.46. The smallest absolute Gasteiger partial charge is 0.255 e. The third-order valence-electron chi connectivity index (χ3n) is 4.42. The van der Waals surface area contributed by atoms with Gasteiger partial charge in [-0.2, -0.15) is 0 Å². The SMILES string of the molecule is COc1cccc([C@@H]2NC(=S)NC(C)=C2C(=O)Nc2cc(C)cc(C)c2)c1. The topological polar surface area (TPSA) is 62.4 Å². The van der Waals surface area contributed by atoms with Crippen LogP contribution in [-0.2, 0) is 4.79 Å². The van der Waals surface area contributed by atoms with Crippen molar-refractivity contribution in [2.75, 3.05) is 12.4 Å². The fourth-order valence-corrected chi connectivity index (χ4v) is 3.58. The minimum absolute atomic E-state index is 0.173. The van der Waals surface area contributed by atoms with Crippen molar-refractivity contribution in [3.8, 4) is 5.75 Å². The number of nitrogens with one attached hydrogen (secondary N) is 3. The van der Waals surface area contributed by atoms with Gasteiger partial charge in [0.25, 0.3) is 5.91 Å². The number of aryl methyl sites for hydroxylation is 2. The van der Waals surface area contributed by atoms with Crippen molar-refractivity contribution in [1.29, 1.82) is 0 Å². The summed E-state index contributed by atoms with van der Waals surface area (Å²) in [4.78, 5) is 13.1. The minimum Gasteiger partial charge on any atom is -0.497 e. The van der Waals surface area contributed by atoms with Gasteiger partial charge in [-0.1, -0.05) is 18.2 Å². The minimum atomic E-state index is -0.361. The van der Waals surface area contributed by atoms with Gasteiger partial charge < -0.3 is 20.7 Å². The van der Waals surface area contributed by atoms with Gasteiger partial charge in [0.15, 0.2) is 5.11 Å². The van der Waals surface area contributed by atoms with Crippen LogP contribution in [0.4, 0.5) is 5.69 Å². The van der Waals surface area contributed by atoms with Crippen molar-refractivity contribution >= 4 is 28.9 Å². The number of thiocarbonyl (C=S) groups is 1. The molecule has 0 aromatic heterocycles. The highest BCUT2D eigenvalue weighted by molar-refractivity contribution is 7.80. The number of carbonyl (C=O) groups is 1. The molecule has 1 amide bonds. The van der Waals surface area contributed by atoms with Crippen molar-refractivity contribution < 1.29 is 9.53 Å². The zero-order chi connectivity index (χ0) is 19.6. The second-order valence-electron chi connectivity index (χ2n) is 6.68. The van der Waals surface area contributed by atoms with Crippen molar-refractivity contribution in [1.82, 2.24) is 10.6 Å². The van der Waals surface area contributed by atoms with Crippen LogP contribution in [0, 0.1) is 13.8 Å². The largest absolute Gasteiger partial charge is 0.497 e. The maximum Gasteiger partial charge on any atom is 0.255 e. The average Bonchev–Trinajstić information content (AvgIpc) is 2.60. The van der Waals surface area contributed by atoms with Crippen LogP contribution in [0.5, 0.6) is 5.75 Å². The number of benzene rings is 2. The Balaban J connectivity index is 1.96. The summed E-state index contributed by atoms with van der Waals surface area (Å²) in [5.74, 6) is 0.554. The van der Waals surface area contributed by atoms with E-state index in [1.54, 1.807) is 7.11 Å². The molecule has 3 N–H and O–H groups in total. The molecule has 0 aliphatic carbocycles. The number of hydrogen-bond donors (Lipinski definition) is 3. The molecule has 1 atom stereocenters. The van der Waals surface area contributed by atoms with Crippen LogP contribution < -0.4 is 20.7 Å². The number of ether oxygens (including phenoxy) is 1. The molecule has 140 valence electrons. The molecule has 6 heteroatoms. The molecule has 2 aromatic carbocycles. The van der Waals surface area contributed by atoms with Gasteiger partial charge >= 0.3 is 0 Å². The number of methoxy groups -OCH3 is 1. The highest BCUT2D eigenvalue weighted by atomic mass is 32.1. The number of hydrogen-bond acceptors (Lipinski definition) is 3. The lowest BCUT2D eigenvalue weighted by molar-refractivity contribution is -0.113. The standard InChI is InChI=1S/C21H23N3O2S/c1-12-8-13(2)10-16(9-12)23-20(25)18-14(3)22-21(27)24-19(18)15-6-5-7-17(11-15)26-4/h5-11,19H,1-4H3,(H,23,25)(H2,22,24,27)/t19-/m0/s1. The first-order chi connectivity index (χ1) is 12.9. The summed E-state index contributed by atoms with van der Waals surface area (Å²) >= 11 is 5.31. The lowest BCUT2D eigenvalue weighted by Gasteiger charge is -2.30. The van der Waals surface area contributed by atoms with E-state index in [-0.39, 0.29) is 11.9 Å². The number of allylic oxidation sites excluding steroid dienone is 1. The Morgan fingerprint density at radius 3 is 2.48 bits per heavy atom. The monoisotopic (exact) mass is 381 g/mol. The molecule has 27 heavy (non-hydrogen) atoms. The fraction of sp³-hybridized carbons (Fsp3) is 0.238. The van der Waals surface area contributed by atoms with E-state index in [1.165, 1.54) is 0 Å². The molecule has 0 unspecified atom stereocenters. The molecule has 3 rings (SSSR count). The Morgan fingerprint density at radius 1 is 1.11 bits per heavy atom. The summed E-state index contributed by atoms with van der Waals surface area (Å²) in [5.41, 5.74) is 5.20. The van der Waals surface area contributed by atoms with Crippen LogP contribution in [0.2, 0.25) is 0 Å². The van der Waals surface area contributed by atoms with Crippen molar-refractivity contribution in [3.05, 3.63) is 70.4 Å². The van der Waals surface area contributed by atoms with Gasteiger partial charge in [-0.15, -0.1) is 0 Å². The second kappa shape index (κ2) is 7.80. The summed E-state index contributed by atoms with van der Waals surface area (Å²) < 4.78 is 5.32. The van der Waals surface area contributed by atoms with Crippen molar-refractivity contribution in [3.63, 3.8) is 0 Å². The molecule has 0 radical (unpaired) electrons. The summed E-state index contributed by atoms with van der Waals surface area (Å²) in [6.45, 7) is 5.87. The Bertz CT molecular complexity index is 917. The summed E-state index contributed by atoms with van der Waals surface area (Å²) in [5, 5.41) is 9.76. The second-order valence-corrected chi connectivity index (χ2v) is 7.09. The molecule has 0 saturated carbocycles. The van der Waals surface area contributed by atoms with Crippen molar-refractivity contribution in [2.45, 2.75) is 26.8 Å². The zero-order valence-corrected chi connectivity index (χ0v) is 16.7. The Morgan fingerprint density at radius 2 is 1.81 bits per heavy atom. The van der Waals surface area contributed by atoms with Crippen LogP contribution in [0.3, 0.4) is 0 Å². The number of anilines is 1. The van der Waals surface area contributed by atoms with Gasteiger partial charge in [0.2, 0.25) is 0 Å². The number of carbonyl (C=O) groups excluding carboxylic acids is 1. The van der Waals surface area contributed by atoms with E-state index in [0.29, 0.717) is 10.7 Å². The van der Waals surface area contributed by atoms with E-state index >= 15 is 0 Å². The van der Waals surface area contributed by atoms with E-state index < -0.39 is 0 Å². The lowest BCUT2D eigenvalue weighted by Crippen LogP contribution is -2.45. The molecule has 1 aliphatic heterocycles. The highest BCUT2D eigenvalue weighted by Crippen LogP contribution is 2.30. The predicted octanol–water partition coefficient (Wildman–Crippen LogP) is 3.74. The quantitative estimate of drug-likeness (QED) is 0.704. The van der Waals surface area contributed by atoms with Gasteiger partial charge in [-0.3, -0.25) is 4.79 Å². The van der Waals surface area contributed by atoms with Gasteiger partial charge in [0, 0.05) is 11.4 Å². The van der Waals surface area contributed by atoms with Gasteiger partial charge in [-0.05, 0) is 73.9 Å². The normalized spacial score (nSPS) is 16.4. The first-order valence-electron chi connectivity index (χ1n) is 8.69. The van der Waals surface area contributed by atoms with Gasteiger partial charge in [0.05, 0.1) is 18.7 Å². The average molecular weight is 382 g/mol. The molecule has 0 saturated heterocycles. The van der Waals surface area contributed by atoms with Crippen LogP contribution in [0.1, 0.15) is 29.7 Å². The molecular formula is C21H23N3O2S. The van der Waals surface area contributed by atoms with Crippen LogP contribution in [-0.4, -0.2) is 18.1 Å². The predicted molar refractivity (Wildman–Crippen MR) is 112 cm³/mol. The molecule has 1 aliphatic rings. The molecule has 0 fully saturated rings. The molecule has 1 heterocycles. The van der Waals surface area contributed by atoms with Crippen LogP contribution in [0.25, 0.3) is 0 Å². The Hall–Kier alpha value is -2.86. The van der Waals surface area contributed by atoms with E-state index in [2.05, 4.69) is 22.0 Å². The van der Waals surface area contributed by atoms with Gasteiger partial charge in [-0.25, -0.2) is 0 Å². The highest BCUT2D eigenvalue weighted by Gasteiger charge is 2.30. The Labute approximate surface area is 164 Å². The fourth-order valence-electron chi connectivity index (χ4n) is 3.31. The first kappa shape index (κ1) is 18.9. The molecule has 0 spiro atoms. The van der Waals surface area contributed by atoms with E-state index in [9.17, 15) is 4.79 Å². The molecular weight excluding hydrogens is 358 g/mol. The van der Waals surface area contributed by atoms with Crippen LogP contribution >= 0.6 is 12.2 Å². The molecule has 0 bridgehead atoms. The maximum atomic E-state index is 13.1. The summed E-state index contributed by atoms with van der Waals surface area (Å²) in [7, 11) is 1.62.